The molecule has 2 aromatic rings. The monoisotopic (exact) mass is 341 g/mol. The Bertz CT molecular complexity index is 683. The third-order valence-electron chi connectivity index (χ3n) is 4.56. The Hall–Kier alpha value is -2.18. The summed E-state index contributed by atoms with van der Waals surface area (Å²) in [5, 5.41) is 10.4. The summed E-state index contributed by atoms with van der Waals surface area (Å²) in [6.07, 6.45) is -0.441. The van der Waals surface area contributed by atoms with Crippen LogP contribution in [0.1, 0.15) is 17.4 Å². The molecule has 25 heavy (non-hydrogen) atoms. The fourth-order valence-corrected chi connectivity index (χ4v) is 3.06. The number of anilines is 2. The first-order chi connectivity index (χ1) is 12.0. The number of nitrogens with zero attached hydrogens (tertiary/aromatic N) is 5. The van der Waals surface area contributed by atoms with Crippen LogP contribution in [0, 0.1) is 6.92 Å². The van der Waals surface area contributed by atoms with Gasteiger partial charge in [-0.05, 0) is 12.5 Å². The topological polar surface area (TPSA) is 55.7 Å². The highest BCUT2D eigenvalue weighted by molar-refractivity contribution is 5.45. The van der Waals surface area contributed by atoms with Gasteiger partial charge in [0, 0.05) is 58.6 Å². The number of piperazine rings is 1. The second-order valence-corrected chi connectivity index (χ2v) is 6.78. The summed E-state index contributed by atoms with van der Waals surface area (Å²) >= 11 is 0. The van der Waals surface area contributed by atoms with Gasteiger partial charge in [0.1, 0.15) is 5.82 Å². The summed E-state index contributed by atoms with van der Waals surface area (Å²) in [6, 6.07) is 11.9. The standard InChI is InChI=1S/C19H27N5O/c1-15-13-18(22(2)3)21-19(20-15)24-11-9-23(10-12-24)14-17(25)16-7-5-4-6-8-16/h4-8,13,17,25H,9-12,14H2,1-3H3. The highest BCUT2D eigenvalue weighted by atomic mass is 16.3. The number of hydrogen-bond donors (Lipinski definition) is 1. The number of rotatable bonds is 5. The molecule has 0 aliphatic carbocycles. The summed E-state index contributed by atoms with van der Waals surface area (Å²) in [6.45, 7) is 6.22. The van der Waals surface area contributed by atoms with Crippen molar-refractivity contribution in [3.8, 4) is 0 Å². The maximum absolute atomic E-state index is 10.4. The van der Waals surface area contributed by atoms with E-state index in [9.17, 15) is 5.11 Å². The smallest absolute Gasteiger partial charge is 0.227 e. The van der Waals surface area contributed by atoms with Crippen molar-refractivity contribution in [3.05, 3.63) is 47.7 Å². The molecule has 1 aliphatic heterocycles. The van der Waals surface area contributed by atoms with Crippen LogP contribution in [0.15, 0.2) is 36.4 Å². The van der Waals surface area contributed by atoms with Crippen LogP contribution in [0.25, 0.3) is 0 Å². The number of aryl methyl sites for hydroxylation is 1. The van der Waals surface area contributed by atoms with E-state index in [0.29, 0.717) is 6.54 Å². The molecular weight excluding hydrogens is 314 g/mol. The summed E-state index contributed by atoms with van der Waals surface area (Å²) in [4.78, 5) is 15.8. The quantitative estimate of drug-likeness (QED) is 0.893. The lowest BCUT2D eigenvalue weighted by atomic mass is 10.1. The van der Waals surface area contributed by atoms with E-state index in [1.165, 1.54) is 0 Å². The number of benzene rings is 1. The second kappa shape index (κ2) is 7.80. The van der Waals surface area contributed by atoms with Gasteiger partial charge in [0.15, 0.2) is 0 Å². The van der Waals surface area contributed by atoms with Gasteiger partial charge in [-0.3, -0.25) is 4.90 Å². The van der Waals surface area contributed by atoms with Gasteiger partial charge in [-0.2, -0.15) is 4.98 Å². The number of hydrogen-bond acceptors (Lipinski definition) is 6. The molecule has 134 valence electrons. The summed E-state index contributed by atoms with van der Waals surface area (Å²) in [5.41, 5.74) is 1.96. The Morgan fingerprint density at radius 3 is 2.40 bits per heavy atom. The van der Waals surface area contributed by atoms with Gasteiger partial charge in [0.25, 0.3) is 0 Å². The number of β-amino-alcohol motifs (C(OH)–C–C–N with tert-alkyl or cyclic N) is 1. The molecule has 1 unspecified atom stereocenters. The maximum Gasteiger partial charge on any atom is 0.227 e. The molecule has 0 radical (unpaired) electrons. The van der Waals surface area contributed by atoms with Gasteiger partial charge < -0.3 is 14.9 Å². The van der Waals surface area contributed by atoms with Crippen molar-refractivity contribution >= 4 is 11.8 Å². The van der Waals surface area contributed by atoms with E-state index in [1.54, 1.807) is 0 Å². The van der Waals surface area contributed by atoms with Crippen molar-refractivity contribution in [1.82, 2.24) is 14.9 Å². The number of aliphatic hydroxyl groups excluding tert-OH is 1. The largest absolute Gasteiger partial charge is 0.387 e. The van der Waals surface area contributed by atoms with E-state index in [1.807, 2.05) is 62.3 Å². The van der Waals surface area contributed by atoms with Gasteiger partial charge in [-0.15, -0.1) is 0 Å². The zero-order valence-electron chi connectivity index (χ0n) is 15.3. The highest BCUT2D eigenvalue weighted by Gasteiger charge is 2.22. The number of aliphatic hydroxyl groups is 1. The van der Waals surface area contributed by atoms with Crippen LogP contribution in [0.2, 0.25) is 0 Å². The third-order valence-corrected chi connectivity index (χ3v) is 4.56. The lowest BCUT2D eigenvalue weighted by molar-refractivity contribution is 0.109. The van der Waals surface area contributed by atoms with Crippen LogP contribution in [0.5, 0.6) is 0 Å². The van der Waals surface area contributed by atoms with Crippen molar-refractivity contribution in [2.45, 2.75) is 13.0 Å². The van der Waals surface area contributed by atoms with Gasteiger partial charge >= 0.3 is 0 Å². The lowest BCUT2D eigenvalue weighted by Crippen LogP contribution is -2.48. The number of aromatic nitrogens is 2. The van der Waals surface area contributed by atoms with Crippen LogP contribution >= 0.6 is 0 Å². The molecule has 1 N–H and O–H groups in total. The van der Waals surface area contributed by atoms with Gasteiger partial charge in [0.2, 0.25) is 5.95 Å². The fraction of sp³-hybridized carbons (Fsp3) is 0.474. The minimum Gasteiger partial charge on any atom is -0.387 e. The molecule has 0 amide bonds. The third kappa shape index (κ3) is 4.46. The average Bonchev–Trinajstić information content (AvgIpc) is 2.62. The first-order valence-corrected chi connectivity index (χ1v) is 8.76. The molecule has 6 nitrogen and oxygen atoms in total. The highest BCUT2D eigenvalue weighted by Crippen LogP contribution is 2.19. The van der Waals surface area contributed by atoms with Gasteiger partial charge in [-0.1, -0.05) is 30.3 Å². The van der Waals surface area contributed by atoms with E-state index in [0.717, 1.165) is 49.2 Å². The Labute approximate surface area is 149 Å². The first kappa shape index (κ1) is 17.6. The van der Waals surface area contributed by atoms with E-state index in [2.05, 4.69) is 19.8 Å². The Kier molecular flexibility index (Phi) is 5.50. The van der Waals surface area contributed by atoms with Crippen LogP contribution in [-0.4, -0.2) is 66.8 Å². The normalized spacial score (nSPS) is 16.7. The van der Waals surface area contributed by atoms with Crippen molar-refractivity contribution in [2.75, 3.05) is 56.6 Å². The van der Waals surface area contributed by atoms with Crippen LogP contribution in [-0.2, 0) is 0 Å². The summed E-state index contributed by atoms with van der Waals surface area (Å²) in [7, 11) is 3.99. The van der Waals surface area contributed by atoms with Gasteiger partial charge in [-0.25, -0.2) is 4.98 Å². The Morgan fingerprint density at radius 2 is 1.76 bits per heavy atom. The molecule has 1 saturated heterocycles. The molecule has 1 aromatic heterocycles. The van der Waals surface area contributed by atoms with Gasteiger partial charge in [0.05, 0.1) is 6.10 Å². The molecule has 6 heteroatoms. The molecule has 2 heterocycles. The molecule has 1 aliphatic rings. The summed E-state index contributed by atoms with van der Waals surface area (Å²) < 4.78 is 0. The maximum atomic E-state index is 10.4. The lowest BCUT2D eigenvalue weighted by Gasteiger charge is -2.36. The second-order valence-electron chi connectivity index (χ2n) is 6.78. The Morgan fingerprint density at radius 1 is 1.08 bits per heavy atom. The molecular formula is C19H27N5O. The first-order valence-electron chi connectivity index (χ1n) is 8.76. The Balaban J connectivity index is 1.59. The molecule has 1 fully saturated rings. The van der Waals surface area contributed by atoms with E-state index >= 15 is 0 Å². The van der Waals surface area contributed by atoms with E-state index in [-0.39, 0.29) is 0 Å². The molecule has 0 saturated carbocycles. The molecule has 1 aromatic carbocycles. The zero-order chi connectivity index (χ0) is 17.8. The molecule has 0 spiro atoms. The molecule has 0 bridgehead atoms. The van der Waals surface area contributed by atoms with Crippen molar-refractivity contribution in [1.29, 1.82) is 0 Å². The van der Waals surface area contributed by atoms with Crippen molar-refractivity contribution in [3.63, 3.8) is 0 Å². The minimum absolute atomic E-state index is 0.441. The van der Waals surface area contributed by atoms with E-state index in [4.69, 9.17) is 0 Å². The molecule has 3 rings (SSSR count). The predicted molar refractivity (Wildman–Crippen MR) is 101 cm³/mol. The SMILES string of the molecule is Cc1cc(N(C)C)nc(N2CCN(CC(O)c3ccccc3)CC2)n1. The van der Waals surface area contributed by atoms with Crippen LogP contribution in [0.4, 0.5) is 11.8 Å². The van der Waals surface area contributed by atoms with Crippen molar-refractivity contribution in [2.24, 2.45) is 0 Å². The van der Waals surface area contributed by atoms with E-state index < -0.39 is 6.10 Å². The predicted octanol–water partition coefficient (Wildman–Crippen LogP) is 1.71. The zero-order valence-corrected chi connectivity index (χ0v) is 15.3. The van der Waals surface area contributed by atoms with Crippen molar-refractivity contribution < 1.29 is 5.11 Å². The fourth-order valence-electron chi connectivity index (χ4n) is 3.06. The summed E-state index contributed by atoms with van der Waals surface area (Å²) in [5.74, 6) is 1.73. The van der Waals surface area contributed by atoms with Crippen LogP contribution < -0.4 is 9.80 Å². The van der Waals surface area contributed by atoms with Crippen LogP contribution in [0.3, 0.4) is 0 Å². The minimum atomic E-state index is -0.441. The molecule has 1 atom stereocenters. The average molecular weight is 341 g/mol.